The first-order valence-corrected chi connectivity index (χ1v) is 24.0. The van der Waals surface area contributed by atoms with Crippen LogP contribution < -0.4 is 10.6 Å². The molecule has 0 aromatic heterocycles. The monoisotopic (exact) mass is 834 g/mol. The van der Waals surface area contributed by atoms with Gasteiger partial charge in [0.05, 0.1) is 11.5 Å². The molecule has 4 amide bonds. The van der Waals surface area contributed by atoms with Gasteiger partial charge in [0.1, 0.15) is 0 Å². The smallest absolute Gasteiger partial charge is 0.264 e. The lowest BCUT2D eigenvalue weighted by Gasteiger charge is -2.25. The summed E-state index contributed by atoms with van der Waals surface area (Å²) in [7, 11) is -8.32. The number of rotatable bonds is 37. The van der Waals surface area contributed by atoms with Crippen LogP contribution in [0.3, 0.4) is 0 Å². The normalized spacial score (nSPS) is 11.6. The number of hydrogen-bond donors (Lipinski definition) is 4. The zero-order chi connectivity index (χ0) is 42.2. The molecule has 0 bridgehead atoms. The molecule has 0 aromatic carbocycles. The summed E-state index contributed by atoms with van der Waals surface area (Å²) in [4.78, 5) is 52.5. The van der Waals surface area contributed by atoms with Crippen LogP contribution in [0.5, 0.6) is 0 Å². The predicted octanol–water partition coefficient (Wildman–Crippen LogP) is 6.39. The quantitative estimate of drug-likeness (QED) is 0.0308. The van der Waals surface area contributed by atoms with Crippen molar-refractivity contribution >= 4 is 43.9 Å². The van der Waals surface area contributed by atoms with Crippen LogP contribution in [-0.4, -0.2) is 110 Å². The minimum Gasteiger partial charge on any atom is -0.352 e. The average molecular weight is 835 g/mol. The summed E-state index contributed by atoms with van der Waals surface area (Å²) in [5, 5.41) is 5.67. The molecule has 0 fully saturated rings. The third kappa shape index (κ3) is 33.3. The van der Waals surface area contributed by atoms with Gasteiger partial charge in [0.2, 0.25) is 23.6 Å². The summed E-state index contributed by atoms with van der Waals surface area (Å²) in [6.45, 7) is 13.0. The second-order valence-corrected chi connectivity index (χ2v) is 18.1. The van der Waals surface area contributed by atoms with Crippen molar-refractivity contribution < 1.29 is 45.1 Å². The Labute approximate surface area is 338 Å². The predicted molar refractivity (Wildman–Crippen MR) is 223 cm³/mol. The maximum absolute atomic E-state index is 13.1. The van der Waals surface area contributed by atoms with Gasteiger partial charge in [-0.1, -0.05) is 90.2 Å². The molecule has 0 heterocycles. The van der Waals surface area contributed by atoms with Crippen molar-refractivity contribution in [1.29, 1.82) is 0 Å². The van der Waals surface area contributed by atoms with Crippen LogP contribution in [0.15, 0.2) is 24.3 Å². The zero-order valence-corrected chi connectivity index (χ0v) is 36.1. The molecule has 0 atom stereocenters. The molecule has 0 spiro atoms. The highest BCUT2D eigenvalue weighted by atomic mass is 32.2. The van der Waals surface area contributed by atoms with Crippen LogP contribution in [0.1, 0.15) is 155 Å². The molecule has 326 valence electrons. The third-order valence-electron chi connectivity index (χ3n) is 9.45. The van der Waals surface area contributed by atoms with E-state index in [0.717, 1.165) is 89.9 Å². The van der Waals surface area contributed by atoms with Crippen LogP contribution >= 0.6 is 0 Å². The van der Waals surface area contributed by atoms with Crippen LogP contribution in [0.25, 0.3) is 0 Å². The molecule has 0 aliphatic heterocycles. The number of carbonyl (C=O) groups excluding carboxylic acids is 4. The van der Waals surface area contributed by atoms with Crippen molar-refractivity contribution in [3.8, 4) is 0 Å². The second kappa shape index (κ2) is 32.2. The first kappa shape index (κ1) is 53.2. The SMILES string of the molecule is C=C(C)C(=O)NCCCCCCCCCCC(=O)N(CCCCN(CCCS(=O)(=O)O)C(=O)CCCCCCCCCCNC(=O)C(=C)C)CCCS(=O)(=O)O. The lowest BCUT2D eigenvalue weighted by Crippen LogP contribution is -2.36. The fourth-order valence-corrected chi connectivity index (χ4v) is 7.14. The first-order valence-electron chi connectivity index (χ1n) is 20.8. The van der Waals surface area contributed by atoms with E-state index in [4.69, 9.17) is 0 Å². The van der Waals surface area contributed by atoms with Gasteiger partial charge in [-0.15, -0.1) is 0 Å². The Balaban J connectivity index is 4.67. The second-order valence-electron chi connectivity index (χ2n) is 15.0. The molecule has 0 radical (unpaired) electrons. The first-order chi connectivity index (χ1) is 26.4. The van der Waals surface area contributed by atoms with E-state index in [1.165, 1.54) is 0 Å². The lowest BCUT2D eigenvalue weighted by molar-refractivity contribution is -0.133. The van der Waals surface area contributed by atoms with Crippen molar-refractivity contribution in [2.24, 2.45) is 0 Å². The number of hydrogen-bond acceptors (Lipinski definition) is 8. The Bertz CT molecular complexity index is 1280. The van der Waals surface area contributed by atoms with E-state index < -0.39 is 31.7 Å². The molecule has 0 rings (SSSR count). The summed E-state index contributed by atoms with van der Waals surface area (Å²) >= 11 is 0. The number of unbranched alkanes of at least 4 members (excludes halogenated alkanes) is 15. The lowest BCUT2D eigenvalue weighted by atomic mass is 10.1. The van der Waals surface area contributed by atoms with E-state index in [9.17, 15) is 45.1 Å². The summed E-state index contributed by atoms with van der Waals surface area (Å²) in [6.07, 6.45) is 17.6. The van der Waals surface area contributed by atoms with Crippen molar-refractivity contribution in [2.45, 2.75) is 155 Å². The molecule has 0 aliphatic rings. The molecular formula is C40H74N4O10S2. The summed E-state index contributed by atoms with van der Waals surface area (Å²) < 4.78 is 63.6. The van der Waals surface area contributed by atoms with Gasteiger partial charge in [-0.05, 0) is 65.2 Å². The third-order valence-corrected chi connectivity index (χ3v) is 11.1. The number of nitrogens with one attached hydrogen (secondary N) is 2. The Hall–Kier alpha value is -2.82. The van der Waals surface area contributed by atoms with E-state index >= 15 is 0 Å². The Morgan fingerprint density at radius 3 is 1.00 bits per heavy atom. The summed E-state index contributed by atoms with van der Waals surface area (Å²) in [6, 6.07) is 0. The molecule has 0 saturated carbocycles. The minimum atomic E-state index is -4.16. The van der Waals surface area contributed by atoms with Gasteiger partial charge in [-0.3, -0.25) is 28.3 Å². The van der Waals surface area contributed by atoms with Crippen molar-refractivity contribution in [1.82, 2.24) is 20.4 Å². The Morgan fingerprint density at radius 2 is 0.714 bits per heavy atom. The molecule has 0 unspecified atom stereocenters. The number of carbonyl (C=O) groups is 4. The van der Waals surface area contributed by atoms with Gasteiger partial charge >= 0.3 is 0 Å². The van der Waals surface area contributed by atoms with E-state index in [2.05, 4.69) is 23.8 Å². The molecule has 14 nitrogen and oxygen atoms in total. The van der Waals surface area contributed by atoms with Crippen molar-refractivity contribution in [3.63, 3.8) is 0 Å². The number of nitrogens with zero attached hydrogens (tertiary/aromatic N) is 2. The van der Waals surface area contributed by atoms with Crippen LogP contribution in [0.2, 0.25) is 0 Å². The fourth-order valence-electron chi connectivity index (χ4n) is 6.15. The molecular weight excluding hydrogens is 761 g/mol. The summed E-state index contributed by atoms with van der Waals surface area (Å²) in [5.74, 6) is -1.26. The maximum Gasteiger partial charge on any atom is 0.264 e. The van der Waals surface area contributed by atoms with Crippen LogP contribution in [0.4, 0.5) is 0 Å². The molecule has 0 aromatic rings. The average Bonchev–Trinajstić information content (AvgIpc) is 3.11. The topological polar surface area (TPSA) is 208 Å². The highest BCUT2D eigenvalue weighted by molar-refractivity contribution is 7.86. The molecule has 16 heteroatoms. The van der Waals surface area contributed by atoms with Crippen LogP contribution in [0, 0.1) is 0 Å². The minimum absolute atomic E-state index is 0.0784. The van der Waals surface area contributed by atoms with E-state index in [-0.39, 0.29) is 49.6 Å². The fraction of sp³-hybridized carbons (Fsp3) is 0.800. The van der Waals surface area contributed by atoms with Crippen molar-refractivity contribution in [2.75, 3.05) is 50.8 Å². The number of amides is 4. The van der Waals surface area contributed by atoms with Gasteiger partial charge in [0.15, 0.2) is 0 Å². The van der Waals surface area contributed by atoms with Gasteiger partial charge in [0.25, 0.3) is 20.2 Å². The Morgan fingerprint density at radius 1 is 0.446 bits per heavy atom. The highest BCUT2D eigenvalue weighted by Crippen LogP contribution is 2.14. The molecule has 56 heavy (non-hydrogen) atoms. The van der Waals surface area contributed by atoms with Crippen LogP contribution in [-0.2, 0) is 39.4 Å². The maximum atomic E-state index is 13.1. The standard InChI is InChI=1S/C40H74N4O10S2/c1-35(2)39(47)41-27-19-15-11-7-5-9-13-17-25-37(45)43(31-23-33-55(49,50)51)29-21-22-30-44(32-24-34-56(52,53)54)38(46)26-18-14-10-6-8-12-16-20-28-42-40(48)36(3)4/h1,3,5-34H2,2,4H3,(H,41,47)(H,42,48)(H,49,50,51)(H,52,53,54). The summed E-state index contributed by atoms with van der Waals surface area (Å²) in [5.41, 5.74) is 1.01. The van der Waals surface area contributed by atoms with Gasteiger partial charge in [-0.25, -0.2) is 0 Å². The van der Waals surface area contributed by atoms with E-state index in [1.807, 2.05) is 0 Å². The molecule has 4 N–H and O–H groups in total. The zero-order valence-electron chi connectivity index (χ0n) is 34.5. The van der Waals surface area contributed by atoms with Gasteiger partial charge in [-0.2, -0.15) is 16.8 Å². The van der Waals surface area contributed by atoms with E-state index in [0.29, 0.717) is 75.9 Å². The molecule has 0 saturated heterocycles. The van der Waals surface area contributed by atoms with Crippen molar-refractivity contribution in [3.05, 3.63) is 24.3 Å². The van der Waals surface area contributed by atoms with Gasteiger partial charge < -0.3 is 20.4 Å². The highest BCUT2D eigenvalue weighted by Gasteiger charge is 2.17. The largest absolute Gasteiger partial charge is 0.352 e. The van der Waals surface area contributed by atoms with E-state index in [1.54, 1.807) is 23.6 Å². The Kier molecular flexibility index (Phi) is 30.6. The molecule has 0 aliphatic carbocycles. The van der Waals surface area contributed by atoms with Gasteiger partial charge in [0, 0.05) is 63.3 Å².